The Balaban J connectivity index is 1.66. The smallest absolute Gasteiger partial charge is 0.237 e. The van der Waals surface area contributed by atoms with E-state index < -0.39 is 10.0 Å². The van der Waals surface area contributed by atoms with E-state index in [1.165, 1.54) is 0 Å². The van der Waals surface area contributed by atoms with E-state index >= 15 is 0 Å². The van der Waals surface area contributed by atoms with Crippen molar-refractivity contribution in [3.05, 3.63) is 72.2 Å². The molecule has 0 aliphatic heterocycles. The number of nitrogens with one attached hydrogen (secondary N) is 1. The second-order valence-electron chi connectivity index (χ2n) is 6.03. The minimum absolute atomic E-state index is 0.272. The van der Waals surface area contributed by atoms with Crippen LogP contribution in [-0.2, 0) is 16.4 Å². The van der Waals surface area contributed by atoms with Crippen molar-refractivity contribution in [2.75, 3.05) is 0 Å². The molecule has 0 fully saturated rings. The number of nitrogens with zero attached hydrogens (tertiary/aromatic N) is 3. The minimum atomic E-state index is -3.56. The average Bonchev–Trinajstić information content (AvgIpc) is 3.08. The Morgan fingerprint density at radius 1 is 1.08 bits per heavy atom. The molecule has 25 heavy (non-hydrogen) atoms. The first kappa shape index (κ1) is 16.0. The van der Waals surface area contributed by atoms with E-state index in [2.05, 4.69) is 14.8 Å². The first-order chi connectivity index (χ1) is 12.1. The molecular formula is C18H18N4O2S. The van der Waals surface area contributed by atoms with E-state index in [0.29, 0.717) is 0 Å². The third-order valence-corrected chi connectivity index (χ3v) is 5.89. The second kappa shape index (κ2) is 6.42. The maximum atomic E-state index is 12.6. The van der Waals surface area contributed by atoms with Crippen molar-refractivity contribution in [2.45, 2.75) is 30.2 Å². The zero-order chi connectivity index (χ0) is 17.3. The van der Waals surface area contributed by atoms with Crippen molar-refractivity contribution in [1.29, 1.82) is 0 Å². The van der Waals surface area contributed by atoms with Gasteiger partial charge in [-0.3, -0.25) is 0 Å². The molecule has 7 heteroatoms. The largest absolute Gasteiger partial charge is 0.241 e. The molecule has 0 saturated carbocycles. The van der Waals surface area contributed by atoms with Gasteiger partial charge < -0.3 is 0 Å². The average molecular weight is 354 g/mol. The number of fused-ring (bicyclic) bond motifs is 1. The van der Waals surface area contributed by atoms with Crippen LogP contribution < -0.4 is 4.72 Å². The van der Waals surface area contributed by atoms with Crippen molar-refractivity contribution >= 4 is 10.0 Å². The van der Waals surface area contributed by atoms with E-state index in [1.54, 1.807) is 47.4 Å². The van der Waals surface area contributed by atoms with E-state index in [0.717, 1.165) is 36.3 Å². The highest BCUT2D eigenvalue weighted by Gasteiger charge is 2.29. The SMILES string of the molecule is O=S(=O)(N[C@@H]1CCCc2c1cnn2-c1ccccn1)c1ccccc1. The maximum absolute atomic E-state index is 12.6. The predicted molar refractivity (Wildman–Crippen MR) is 93.8 cm³/mol. The summed E-state index contributed by atoms with van der Waals surface area (Å²) >= 11 is 0. The van der Waals surface area contributed by atoms with Gasteiger partial charge in [0, 0.05) is 11.8 Å². The number of sulfonamides is 1. The van der Waals surface area contributed by atoms with Crippen LogP contribution in [0.1, 0.15) is 30.1 Å². The molecule has 1 aliphatic rings. The Hall–Kier alpha value is -2.51. The summed E-state index contributed by atoms with van der Waals surface area (Å²) < 4.78 is 29.9. The summed E-state index contributed by atoms with van der Waals surface area (Å²) in [7, 11) is -3.56. The fourth-order valence-corrected chi connectivity index (χ4v) is 4.48. The summed E-state index contributed by atoms with van der Waals surface area (Å²) in [5.74, 6) is 0.746. The van der Waals surface area contributed by atoms with E-state index in [4.69, 9.17) is 0 Å². The Bertz CT molecular complexity index is 969. The van der Waals surface area contributed by atoms with Gasteiger partial charge in [0.1, 0.15) is 0 Å². The number of benzene rings is 1. The molecule has 0 amide bonds. The molecule has 0 spiro atoms. The monoisotopic (exact) mass is 354 g/mol. The van der Waals surface area contributed by atoms with Crippen molar-refractivity contribution < 1.29 is 8.42 Å². The molecule has 128 valence electrons. The molecule has 1 N–H and O–H groups in total. The van der Waals surface area contributed by atoms with Crippen LogP contribution in [0.4, 0.5) is 0 Å². The number of aromatic nitrogens is 3. The van der Waals surface area contributed by atoms with Gasteiger partial charge in [-0.25, -0.2) is 22.8 Å². The molecule has 4 rings (SSSR count). The molecule has 1 aliphatic carbocycles. The highest BCUT2D eigenvalue weighted by atomic mass is 32.2. The summed E-state index contributed by atoms with van der Waals surface area (Å²) in [5.41, 5.74) is 1.95. The lowest BCUT2D eigenvalue weighted by Crippen LogP contribution is -2.31. The number of hydrogen-bond donors (Lipinski definition) is 1. The molecule has 1 aromatic carbocycles. The first-order valence-electron chi connectivity index (χ1n) is 8.21. The highest BCUT2D eigenvalue weighted by Crippen LogP contribution is 2.31. The van der Waals surface area contributed by atoms with Crippen molar-refractivity contribution in [3.8, 4) is 5.82 Å². The van der Waals surface area contributed by atoms with Crippen LogP contribution in [0.25, 0.3) is 5.82 Å². The van der Waals surface area contributed by atoms with E-state index in [1.807, 2.05) is 18.2 Å². The van der Waals surface area contributed by atoms with Gasteiger partial charge in [-0.1, -0.05) is 24.3 Å². The summed E-state index contributed by atoms with van der Waals surface area (Å²) in [6.45, 7) is 0. The molecular weight excluding hydrogens is 336 g/mol. The normalized spacial score (nSPS) is 17.2. The van der Waals surface area contributed by atoms with E-state index in [-0.39, 0.29) is 10.9 Å². The van der Waals surface area contributed by atoms with Gasteiger partial charge in [-0.15, -0.1) is 0 Å². The van der Waals surface area contributed by atoms with Crippen molar-refractivity contribution in [1.82, 2.24) is 19.5 Å². The Morgan fingerprint density at radius 2 is 1.88 bits per heavy atom. The van der Waals surface area contributed by atoms with Gasteiger partial charge >= 0.3 is 0 Å². The Morgan fingerprint density at radius 3 is 2.64 bits per heavy atom. The van der Waals surface area contributed by atoms with Crippen LogP contribution in [0.15, 0.2) is 65.8 Å². The third kappa shape index (κ3) is 3.08. The molecule has 3 aromatic rings. The van der Waals surface area contributed by atoms with Crippen LogP contribution in [0.3, 0.4) is 0 Å². The fourth-order valence-electron chi connectivity index (χ4n) is 3.21. The molecule has 0 radical (unpaired) electrons. The van der Waals surface area contributed by atoms with Gasteiger partial charge in [0.15, 0.2) is 5.82 Å². The topological polar surface area (TPSA) is 76.9 Å². The first-order valence-corrected chi connectivity index (χ1v) is 9.69. The summed E-state index contributed by atoms with van der Waals surface area (Å²) in [5, 5.41) is 4.44. The zero-order valence-corrected chi connectivity index (χ0v) is 14.4. The minimum Gasteiger partial charge on any atom is -0.237 e. The van der Waals surface area contributed by atoms with Crippen LogP contribution in [0.5, 0.6) is 0 Å². The lowest BCUT2D eigenvalue weighted by atomic mass is 9.94. The summed E-state index contributed by atoms with van der Waals surface area (Å²) in [4.78, 5) is 4.62. The van der Waals surface area contributed by atoms with Crippen LogP contribution in [-0.4, -0.2) is 23.2 Å². The molecule has 0 unspecified atom stereocenters. The highest BCUT2D eigenvalue weighted by molar-refractivity contribution is 7.89. The number of pyridine rings is 1. The quantitative estimate of drug-likeness (QED) is 0.781. The molecule has 0 bridgehead atoms. The van der Waals surface area contributed by atoms with E-state index in [9.17, 15) is 8.42 Å². The number of rotatable bonds is 4. The Labute approximate surface area is 146 Å². The molecule has 1 atom stereocenters. The van der Waals surface area contributed by atoms with Crippen molar-refractivity contribution in [3.63, 3.8) is 0 Å². The fraction of sp³-hybridized carbons (Fsp3) is 0.222. The van der Waals surface area contributed by atoms with Gasteiger partial charge in [-0.05, 0) is 43.5 Å². The lowest BCUT2D eigenvalue weighted by molar-refractivity contribution is 0.501. The summed E-state index contributed by atoms with van der Waals surface area (Å²) in [6.07, 6.45) is 5.99. The molecule has 2 heterocycles. The van der Waals surface area contributed by atoms with Gasteiger partial charge in [0.25, 0.3) is 0 Å². The molecule has 2 aromatic heterocycles. The van der Waals surface area contributed by atoms with Gasteiger partial charge in [0.05, 0.1) is 22.8 Å². The molecule has 0 saturated heterocycles. The summed E-state index contributed by atoms with van der Waals surface area (Å²) in [6, 6.07) is 13.8. The number of hydrogen-bond acceptors (Lipinski definition) is 4. The Kier molecular flexibility index (Phi) is 4.10. The van der Waals surface area contributed by atoms with Gasteiger partial charge in [-0.2, -0.15) is 5.10 Å². The van der Waals surface area contributed by atoms with Gasteiger partial charge in [0.2, 0.25) is 10.0 Å². The lowest BCUT2D eigenvalue weighted by Gasteiger charge is -2.24. The standard InChI is InChI=1S/C18H18N4O2S/c23-25(24,14-7-2-1-3-8-14)21-16-9-6-10-17-15(16)13-20-22(17)18-11-4-5-12-19-18/h1-5,7-8,11-13,16,21H,6,9-10H2/t16-/m1/s1. The van der Waals surface area contributed by atoms with Crippen molar-refractivity contribution in [2.24, 2.45) is 0 Å². The zero-order valence-electron chi connectivity index (χ0n) is 13.5. The second-order valence-corrected chi connectivity index (χ2v) is 7.74. The van der Waals surface area contributed by atoms with Crippen LogP contribution in [0, 0.1) is 0 Å². The van der Waals surface area contributed by atoms with Crippen LogP contribution in [0.2, 0.25) is 0 Å². The van der Waals surface area contributed by atoms with Crippen LogP contribution >= 0.6 is 0 Å². The predicted octanol–water partition coefficient (Wildman–Crippen LogP) is 2.62. The maximum Gasteiger partial charge on any atom is 0.241 e. The molecule has 6 nitrogen and oxygen atoms in total. The third-order valence-electron chi connectivity index (χ3n) is 4.40.